The van der Waals surface area contributed by atoms with Gasteiger partial charge in [0, 0.05) is 5.56 Å². The lowest BCUT2D eigenvalue weighted by atomic mass is 10.0. The van der Waals surface area contributed by atoms with E-state index >= 15 is 0 Å². The Balaban J connectivity index is 3.13. The first-order valence-electron chi connectivity index (χ1n) is 3.97. The number of benzene rings is 1. The Hall–Kier alpha value is -1.36. The minimum absolute atomic E-state index is 0.268. The smallest absolute Gasteiger partial charge is 0.127 e. The van der Waals surface area contributed by atoms with Gasteiger partial charge in [-0.05, 0) is 18.6 Å². The van der Waals surface area contributed by atoms with Crippen LogP contribution in [0.1, 0.15) is 24.5 Å². The number of hydrogen-bond acceptors (Lipinski definition) is 1. The summed E-state index contributed by atoms with van der Waals surface area (Å²) in [4.78, 5) is 0. The highest BCUT2D eigenvalue weighted by Gasteiger charge is 2.05. The molecule has 0 atom stereocenters. The molecular weight excluding hydrogens is 153 g/mol. The van der Waals surface area contributed by atoms with Gasteiger partial charge in [-0.3, -0.25) is 0 Å². The Bertz CT molecular complexity index is 312. The third kappa shape index (κ3) is 1.62. The largest absolute Gasteiger partial charge is 0.207 e. The summed E-state index contributed by atoms with van der Waals surface area (Å²) >= 11 is 0. The molecule has 12 heavy (non-hydrogen) atoms. The maximum Gasteiger partial charge on any atom is 0.127 e. The van der Waals surface area contributed by atoms with Gasteiger partial charge in [0.2, 0.25) is 0 Å². The zero-order valence-corrected chi connectivity index (χ0v) is 6.97. The molecule has 0 amide bonds. The van der Waals surface area contributed by atoms with Gasteiger partial charge in [-0.1, -0.05) is 19.4 Å². The fourth-order valence-corrected chi connectivity index (χ4v) is 1.17. The third-order valence-corrected chi connectivity index (χ3v) is 1.74. The van der Waals surface area contributed by atoms with Gasteiger partial charge in [0.15, 0.2) is 0 Å². The molecule has 1 rings (SSSR count). The molecule has 0 fully saturated rings. The molecule has 0 radical (unpaired) electrons. The number of rotatable bonds is 2. The molecule has 0 heterocycles. The quantitative estimate of drug-likeness (QED) is 0.657. The molecular formula is C10H10FN. The highest BCUT2D eigenvalue weighted by Crippen LogP contribution is 2.14. The van der Waals surface area contributed by atoms with E-state index in [4.69, 9.17) is 5.26 Å². The summed E-state index contributed by atoms with van der Waals surface area (Å²) in [6.07, 6.45) is 1.49. The van der Waals surface area contributed by atoms with E-state index in [0.29, 0.717) is 17.5 Å². The van der Waals surface area contributed by atoms with E-state index < -0.39 is 0 Å². The van der Waals surface area contributed by atoms with Crippen molar-refractivity contribution in [2.75, 3.05) is 0 Å². The zero-order chi connectivity index (χ0) is 8.97. The van der Waals surface area contributed by atoms with E-state index in [0.717, 1.165) is 6.42 Å². The van der Waals surface area contributed by atoms with Crippen LogP contribution in [0.4, 0.5) is 4.39 Å². The maximum atomic E-state index is 13.1. The van der Waals surface area contributed by atoms with Gasteiger partial charge in [-0.15, -0.1) is 0 Å². The predicted octanol–water partition coefficient (Wildman–Crippen LogP) is 2.65. The molecule has 0 aliphatic carbocycles. The Kier molecular flexibility index (Phi) is 2.82. The Morgan fingerprint density at radius 1 is 1.50 bits per heavy atom. The van der Waals surface area contributed by atoms with Crippen LogP contribution in [0.3, 0.4) is 0 Å². The minimum Gasteiger partial charge on any atom is -0.207 e. The van der Waals surface area contributed by atoms with E-state index in [2.05, 4.69) is 0 Å². The predicted molar refractivity (Wildman–Crippen MR) is 45.1 cm³/mol. The van der Waals surface area contributed by atoms with Crippen molar-refractivity contribution >= 4 is 0 Å². The molecule has 0 aromatic heterocycles. The van der Waals surface area contributed by atoms with Crippen molar-refractivity contribution in [2.24, 2.45) is 0 Å². The number of halogens is 1. The molecule has 0 bridgehead atoms. The van der Waals surface area contributed by atoms with Crippen molar-refractivity contribution in [1.29, 1.82) is 5.26 Å². The van der Waals surface area contributed by atoms with Gasteiger partial charge in [-0.25, -0.2) is 4.39 Å². The fraction of sp³-hybridized carbons (Fsp3) is 0.300. The average molecular weight is 163 g/mol. The van der Waals surface area contributed by atoms with Gasteiger partial charge in [0.25, 0.3) is 0 Å². The first-order chi connectivity index (χ1) is 5.79. The van der Waals surface area contributed by atoms with Gasteiger partial charge >= 0.3 is 0 Å². The van der Waals surface area contributed by atoms with E-state index in [1.807, 2.05) is 13.0 Å². The van der Waals surface area contributed by atoms with Gasteiger partial charge < -0.3 is 0 Å². The second kappa shape index (κ2) is 3.87. The molecule has 0 saturated carbocycles. The molecule has 0 N–H and O–H groups in total. The lowest BCUT2D eigenvalue weighted by molar-refractivity contribution is 0.606. The Labute approximate surface area is 71.4 Å². The highest BCUT2D eigenvalue weighted by atomic mass is 19.1. The Morgan fingerprint density at radius 2 is 2.25 bits per heavy atom. The van der Waals surface area contributed by atoms with Crippen LogP contribution in [0, 0.1) is 17.1 Å². The monoisotopic (exact) mass is 163 g/mol. The molecule has 0 saturated heterocycles. The summed E-state index contributed by atoms with van der Waals surface area (Å²) in [5.41, 5.74) is 0.999. The van der Waals surface area contributed by atoms with Crippen LogP contribution in [-0.2, 0) is 6.42 Å². The molecule has 2 heteroatoms. The van der Waals surface area contributed by atoms with Gasteiger partial charge in [0.05, 0.1) is 11.6 Å². The van der Waals surface area contributed by atoms with E-state index in [-0.39, 0.29) is 5.82 Å². The SMILES string of the molecule is CCCc1c(F)cccc1C#N. The first-order valence-corrected chi connectivity index (χ1v) is 3.97. The number of hydrogen-bond donors (Lipinski definition) is 0. The van der Waals surface area contributed by atoms with Crippen molar-refractivity contribution in [1.82, 2.24) is 0 Å². The van der Waals surface area contributed by atoms with Crippen molar-refractivity contribution in [2.45, 2.75) is 19.8 Å². The minimum atomic E-state index is -0.268. The molecule has 1 aromatic rings. The van der Waals surface area contributed by atoms with Crippen molar-refractivity contribution in [3.05, 3.63) is 35.1 Å². The van der Waals surface area contributed by atoms with Crippen LogP contribution in [0.25, 0.3) is 0 Å². The summed E-state index contributed by atoms with van der Waals surface area (Å²) in [6.45, 7) is 1.97. The zero-order valence-electron chi connectivity index (χ0n) is 6.97. The van der Waals surface area contributed by atoms with Crippen LogP contribution < -0.4 is 0 Å². The summed E-state index contributed by atoms with van der Waals surface area (Å²) in [5, 5.41) is 8.65. The highest BCUT2D eigenvalue weighted by molar-refractivity contribution is 5.38. The Morgan fingerprint density at radius 3 is 2.83 bits per heavy atom. The van der Waals surface area contributed by atoms with E-state index in [1.165, 1.54) is 6.07 Å². The number of nitrogens with zero attached hydrogens (tertiary/aromatic N) is 1. The van der Waals surface area contributed by atoms with Crippen LogP contribution in [0.2, 0.25) is 0 Å². The van der Waals surface area contributed by atoms with Gasteiger partial charge in [0.1, 0.15) is 5.82 Å². The third-order valence-electron chi connectivity index (χ3n) is 1.74. The van der Waals surface area contributed by atoms with Crippen LogP contribution in [-0.4, -0.2) is 0 Å². The summed E-state index contributed by atoms with van der Waals surface area (Å²) in [5.74, 6) is -0.268. The van der Waals surface area contributed by atoms with Gasteiger partial charge in [-0.2, -0.15) is 5.26 Å². The molecule has 0 aliphatic heterocycles. The standard InChI is InChI=1S/C10H10FN/c1-2-4-9-8(7-12)5-3-6-10(9)11/h3,5-6H,2,4H2,1H3. The van der Waals surface area contributed by atoms with Crippen LogP contribution in [0.5, 0.6) is 0 Å². The summed E-state index contributed by atoms with van der Waals surface area (Å²) in [6, 6.07) is 6.59. The second-order valence-electron chi connectivity index (χ2n) is 2.63. The molecule has 0 unspecified atom stereocenters. The molecule has 0 aliphatic rings. The topological polar surface area (TPSA) is 23.8 Å². The molecule has 0 spiro atoms. The van der Waals surface area contributed by atoms with Crippen LogP contribution >= 0.6 is 0 Å². The van der Waals surface area contributed by atoms with Crippen molar-refractivity contribution in [3.63, 3.8) is 0 Å². The lowest BCUT2D eigenvalue weighted by Crippen LogP contribution is -1.93. The molecule has 1 nitrogen and oxygen atoms in total. The second-order valence-corrected chi connectivity index (χ2v) is 2.63. The van der Waals surface area contributed by atoms with E-state index in [1.54, 1.807) is 12.1 Å². The lowest BCUT2D eigenvalue weighted by Gasteiger charge is -2.02. The first kappa shape index (κ1) is 8.73. The van der Waals surface area contributed by atoms with Crippen LogP contribution in [0.15, 0.2) is 18.2 Å². The average Bonchev–Trinajstić information content (AvgIpc) is 2.09. The fourth-order valence-electron chi connectivity index (χ4n) is 1.17. The van der Waals surface area contributed by atoms with Crippen molar-refractivity contribution in [3.8, 4) is 6.07 Å². The molecule has 62 valence electrons. The maximum absolute atomic E-state index is 13.1. The van der Waals surface area contributed by atoms with Crippen molar-refractivity contribution < 1.29 is 4.39 Å². The molecule has 1 aromatic carbocycles. The summed E-state index contributed by atoms with van der Waals surface area (Å²) < 4.78 is 13.1. The summed E-state index contributed by atoms with van der Waals surface area (Å²) in [7, 11) is 0. The number of nitriles is 1. The normalized spacial score (nSPS) is 9.42. The van der Waals surface area contributed by atoms with E-state index in [9.17, 15) is 4.39 Å².